The Kier molecular flexibility index (Phi) is 3.82. The molecular weight excluding hydrogens is 294 g/mol. The zero-order valence-corrected chi connectivity index (χ0v) is 12.0. The maximum Gasteiger partial charge on any atom is 0.129 e. The predicted octanol–water partition coefficient (Wildman–Crippen LogP) is 1.75. The number of hydrogen-bond donors (Lipinski definition) is 0. The van der Waals surface area contributed by atoms with Gasteiger partial charge in [-0.15, -0.1) is 0 Å². The van der Waals surface area contributed by atoms with Crippen LogP contribution < -0.4 is 4.90 Å². The van der Waals surface area contributed by atoms with Gasteiger partial charge in [-0.2, -0.15) is 0 Å². The van der Waals surface area contributed by atoms with Crippen LogP contribution in [0.4, 0.5) is 5.82 Å². The van der Waals surface area contributed by atoms with E-state index in [1.54, 1.807) is 0 Å². The largest absolute Gasteiger partial charge is 0.379 e. The van der Waals surface area contributed by atoms with Crippen molar-refractivity contribution in [3.63, 3.8) is 0 Å². The highest BCUT2D eigenvalue weighted by atomic mass is 79.9. The molecule has 0 aliphatic carbocycles. The van der Waals surface area contributed by atoms with Gasteiger partial charge in [-0.25, -0.2) is 4.98 Å². The number of nitrogens with zero attached hydrogens (tertiary/aromatic N) is 3. The molecule has 1 atom stereocenters. The average molecular weight is 312 g/mol. The van der Waals surface area contributed by atoms with Gasteiger partial charge in [0.25, 0.3) is 0 Å². The van der Waals surface area contributed by atoms with Crippen molar-refractivity contribution in [2.24, 2.45) is 0 Å². The number of aromatic nitrogens is 1. The van der Waals surface area contributed by atoms with Gasteiger partial charge in [0.2, 0.25) is 0 Å². The lowest BCUT2D eigenvalue weighted by molar-refractivity contribution is 0.0209. The molecule has 4 nitrogen and oxygen atoms in total. The second kappa shape index (κ2) is 5.55. The fraction of sp³-hybridized carbons (Fsp3) is 0.615. The molecule has 0 bridgehead atoms. The van der Waals surface area contributed by atoms with E-state index in [4.69, 9.17) is 4.74 Å². The van der Waals surface area contributed by atoms with E-state index in [1.807, 2.05) is 6.07 Å². The van der Waals surface area contributed by atoms with Crippen LogP contribution in [0.2, 0.25) is 0 Å². The third-order valence-corrected chi connectivity index (χ3v) is 4.19. The molecule has 98 valence electrons. The fourth-order valence-corrected chi connectivity index (χ4v) is 3.10. The topological polar surface area (TPSA) is 28.6 Å². The van der Waals surface area contributed by atoms with Crippen molar-refractivity contribution in [2.45, 2.75) is 12.5 Å². The maximum atomic E-state index is 5.41. The zero-order chi connectivity index (χ0) is 12.4. The van der Waals surface area contributed by atoms with Crippen LogP contribution in [0.1, 0.15) is 6.42 Å². The summed E-state index contributed by atoms with van der Waals surface area (Å²) in [4.78, 5) is 9.47. The summed E-state index contributed by atoms with van der Waals surface area (Å²) in [5.41, 5.74) is 0. The lowest BCUT2D eigenvalue weighted by Gasteiger charge is -2.32. The van der Waals surface area contributed by atoms with E-state index < -0.39 is 0 Å². The van der Waals surface area contributed by atoms with Crippen LogP contribution in [0, 0.1) is 0 Å². The number of halogens is 1. The summed E-state index contributed by atoms with van der Waals surface area (Å²) in [5, 5.41) is 0. The van der Waals surface area contributed by atoms with E-state index in [-0.39, 0.29) is 0 Å². The molecule has 1 aromatic heterocycles. The molecule has 0 aromatic carbocycles. The van der Waals surface area contributed by atoms with Crippen LogP contribution >= 0.6 is 15.9 Å². The van der Waals surface area contributed by atoms with Crippen molar-refractivity contribution in [1.82, 2.24) is 9.88 Å². The van der Waals surface area contributed by atoms with Gasteiger partial charge in [0.05, 0.1) is 13.2 Å². The Hall–Kier alpha value is -0.650. The van der Waals surface area contributed by atoms with Crippen LogP contribution in [0.5, 0.6) is 0 Å². The summed E-state index contributed by atoms with van der Waals surface area (Å²) in [6.07, 6.45) is 1.23. The quantitative estimate of drug-likeness (QED) is 0.778. The number of ether oxygens (including phenoxy) is 1. The first kappa shape index (κ1) is 12.4. The molecule has 1 unspecified atom stereocenters. The molecule has 5 heteroatoms. The molecule has 18 heavy (non-hydrogen) atoms. The van der Waals surface area contributed by atoms with Gasteiger partial charge in [0.15, 0.2) is 0 Å². The zero-order valence-electron chi connectivity index (χ0n) is 10.4. The number of hydrogen-bond acceptors (Lipinski definition) is 4. The van der Waals surface area contributed by atoms with Crippen molar-refractivity contribution in [1.29, 1.82) is 0 Å². The minimum absolute atomic E-state index is 0.662. The third-order valence-electron chi connectivity index (χ3n) is 3.75. The molecule has 2 aliphatic heterocycles. The molecular formula is C13H18BrN3O. The highest BCUT2D eigenvalue weighted by molar-refractivity contribution is 9.10. The maximum absolute atomic E-state index is 5.41. The average Bonchev–Trinajstić information content (AvgIpc) is 2.89. The summed E-state index contributed by atoms with van der Waals surface area (Å²) in [6, 6.07) is 6.77. The van der Waals surface area contributed by atoms with E-state index in [2.05, 4.69) is 42.8 Å². The van der Waals surface area contributed by atoms with E-state index >= 15 is 0 Å². The van der Waals surface area contributed by atoms with Gasteiger partial charge in [0, 0.05) is 32.2 Å². The van der Waals surface area contributed by atoms with E-state index in [1.165, 1.54) is 6.42 Å². The first-order valence-corrected chi connectivity index (χ1v) is 7.31. The van der Waals surface area contributed by atoms with Gasteiger partial charge < -0.3 is 9.64 Å². The SMILES string of the molecule is Brc1cccc(N2CCC(N3CCOCC3)C2)n1. The van der Waals surface area contributed by atoms with Crippen LogP contribution in [-0.2, 0) is 4.74 Å². The van der Waals surface area contributed by atoms with Gasteiger partial charge in [-0.05, 0) is 34.5 Å². The Morgan fingerprint density at radius 1 is 1.22 bits per heavy atom. The van der Waals surface area contributed by atoms with Crippen molar-refractivity contribution < 1.29 is 4.74 Å². The monoisotopic (exact) mass is 311 g/mol. The van der Waals surface area contributed by atoms with Crippen molar-refractivity contribution in [3.8, 4) is 0 Å². The molecule has 3 heterocycles. The van der Waals surface area contributed by atoms with Crippen LogP contribution in [0.25, 0.3) is 0 Å². The second-order valence-corrected chi connectivity index (χ2v) is 5.67. The molecule has 0 spiro atoms. The van der Waals surface area contributed by atoms with Gasteiger partial charge in [-0.1, -0.05) is 6.07 Å². The first-order chi connectivity index (χ1) is 8.83. The minimum atomic E-state index is 0.662. The second-order valence-electron chi connectivity index (χ2n) is 4.86. The number of anilines is 1. The Morgan fingerprint density at radius 2 is 2.06 bits per heavy atom. The normalized spacial score (nSPS) is 25.6. The van der Waals surface area contributed by atoms with Gasteiger partial charge >= 0.3 is 0 Å². The molecule has 0 amide bonds. The van der Waals surface area contributed by atoms with E-state index in [9.17, 15) is 0 Å². The molecule has 1 aromatic rings. The molecule has 2 fully saturated rings. The van der Waals surface area contributed by atoms with Gasteiger partial charge in [-0.3, -0.25) is 4.90 Å². The molecule has 0 saturated carbocycles. The summed E-state index contributed by atoms with van der Waals surface area (Å²) < 4.78 is 6.32. The van der Waals surface area contributed by atoms with E-state index in [0.717, 1.165) is 49.8 Å². The number of morpholine rings is 1. The molecule has 0 N–H and O–H groups in total. The molecule has 0 radical (unpaired) electrons. The van der Waals surface area contributed by atoms with Crippen molar-refractivity contribution >= 4 is 21.7 Å². The lowest BCUT2D eigenvalue weighted by Crippen LogP contribution is -2.44. The Bertz CT molecular complexity index is 409. The predicted molar refractivity (Wildman–Crippen MR) is 74.9 cm³/mol. The van der Waals surface area contributed by atoms with Crippen LogP contribution in [-0.4, -0.2) is 55.3 Å². The van der Waals surface area contributed by atoms with Crippen molar-refractivity contribution in [2.75, 3.05) is 44.3 Å². The van der Waals surface area contributed by atoms with Gasteiger partial charge in [0.1, 0.15) is 10.4 Å². The Labute approximate surface area is 116 Å². The Balaban J connectivity index is 1.64. The Morgan fingerprint density at radius 3 is 2.83 bits per heavy atom. The highest BCUT2D eigenvalue weighted by Crippen LogP contribution is 2.23. The minimum Gasteiger partial charge on any atom is -0.379 e. The summed E-state index contributed by atoms with van der Waals surface area (Å²) in [6.45, 7) is 6.10. The molecule has 2 aliphatic rings. The van der Waals surface area contributed by atoms with Crippen LogP contribution in [0.15, 0.2) is 22.8 Å². The fourth-order valence-electron chi connectivity index (χ4n) is 2.76. The summed E-state index contributed by atoms with van der Waals surface area (Å²) in [5.74, 6) is 1.08. The first-order valence-electron chi connectivity index (χ1n) is 6.52. The third kappa shape index (κ3) is 2.68. The number of pyridine rings is 1. The van der Waals surface area contributed by atoms with Crippen LogP contribution in [0.3, 0.4) is 0 Å². The highest BCUT2D eigenvalue weighted by Gasteiger charge is 2.29. The molecule has 3 rings (SSSR count). The van der Waals surface area contributed by atoms with E-state index in [0.29, 0.717) is 6.04 Å². The van der Waals surface area contributed by atoms with Crippen molar-refractivity contribution in [3.05, 3.63) is 22.8 Å². The summed E-state index contributed by atoms with van der Waals surface area (Å²) in [7, 11) is 0. The summed E-state index contributed by atoms with van der Waals surface area (Å²) >= 11 is 3.44. The molecule has 2 saturated heterocycles. The lowest BCUT2D eigenvalue weighted by atomic mass is 10.2. The number of rotatable bonds is 2. The smallest absolute Gasteiger partial charge is 0.129 e. The standard InChI is InChI=1S/C13H18BrN3O/c14-12-2-1-3-13(15-12)17-5-4-11(10-17)16-6-8-18-9-7-16/h1-3,11H,4-10H2.